The fourth-order valence-electron chi connectivity index (χ4n) is 4.33. The zero-order valence-electron chi connectivity index (χ0n) is 16.4. The Balaban J connectivity index is 1.79. The van der Waals surface area contributed by atoms with Crippen molar-refractivity contribution in [3.05, 3.63) is 0 Å². The summed E-state index contributed by atoms with van der Waals surface area (Å²) in [6, 6.07) is -0.838. The number of hydrogen-bond donors (Lipinski definition) is 3. The highest BCUT2D eigenvalue weighted by Gasteiger charge is 2.40. The van der Waals surface area contributed by atoms with Crippen LogP contribution in [0.4, 0.5) is 4.79 Å². The van der Waals surface area contributed by atoms with Gasteiger partial charge in [0.05, 0.1) is 5.60 Å². The summed E-state index contributed by atoms with van der Waals surface area (Å²) < 4.78 is 0. The van der Waals surface area contributed by atoms with Gasteiger partial charge in [0.2, 0.25) is 0 Å². The number of imide groups is 1. The van der Waals surface area contributed by atoms with Crippen LogP contribution in [0.15, 0.2) is 0 Å². The number of carbonyl (C=O) groups is 3. The Morgan fingerprint density at radius 1 is 1.15 bits per heavy atom. The average Bonchev–Trinajstić information content (AvgIpc) is 2.89. The van der Waals surface area contributed by atoms with Gasteiger partial charge in [-0.05, 0) is 44.9 Å². The first kappa shape index (κ1) is 21.7. The number of nitrogens with one attached hydrogen (secondary N) is 1. The van der Waals surface area contributed by atoms with Crippen molar-refractivity contribution in [2.24, 2.45) is 5.92 Å². The van der Waals surface area contributed by atoms with Crippen LogP contribution in [0.1, 0.15) is 84.0 Å². The number of hydrogen-bond acceptors (Lipinski definition) is 4. The summed E-state index contributed by atoms with van der Waals surface area (Å²) >= 11 is 0. The third-order valence-corrected chi connectivity index (χ3v) is 6.13. The third kappa shape index (κ3) is 6.48. The van der Waals surface area contributed by atoms with Gasteiger partial charge in [-0.2, -0.15) is 0 Å². The summed E-state index contributed by atoms with van der Waals surface area (Å²) in [5.74, 6) is -0.782. The summed E-state index contributed by atoms with van der Waals surface area (Å²) in [6.07, 6.45) is 9.87. The molecule has 0 radical (unpaired) electrons. The average molecular weight is 383 g/mol. The second kappa shape index (κ2) is 10.1. The van der Waals surface area contributed by atoms with Crippen LogP contribution in [-0.2, 0) is 9.59 Å². The van der Waals surface area contributed by atoms with E-state index in [1.54, 1.807) is 4.90 Å². The lowest BCUT2D eigenvalue weighted by atomic mass is 9.76. The monoisotopic (exact) mass is 382 g/mol. The molecule has 2 atom stereocenters. The van der Waals surface area contributed by atoms with E-state index in [9.17, 15) is 19.5 Å². The molecule has 2 aliphatic rings. The number of urea groups is 1. The highest BCUT2D eigenvalue weighted by atomic mass is 16.4. The maximum absolute atomic E-state index is 12.1. The highest BCUT2D eigenvalue weighted by molar-refractivity contribution is 6.04. The SMILES string of the molecule is C[C@@](O)(CCN1C(=O)NC(=O)[C@@H]1CCCCCCC(=O)O)C1CCCCC1. The van der Waals surface area contributed by atoms with Gasteiger partial charge in [-0.3, -0.25) is 14.9 Å². The predicted molar refractivity (Wildman–Crippen MR) is 101 cm³/mol. The first-order chi connectivity index (χ1) is 12.8. The van der Waals surface area contributed by atoms with E-state index in [0.29, 0.717) is 25.8 Å². The molecule has 0 spiro atoms. The van der Waals surface area contributed by atoms with Gasteiger partial charge in [0.15, 0.2) is 0 Å². The van der Waals surface area contributed by atoms with E-state index in [2.05, 4.69) is 5.32 Å². The third-order valence-electron chi connectivity index (χ3n) is 6.13. The number of carboxylic acids is 1. The molecule has 1 aliphatic heterocycles. The van der Waals surface area contributed by atoms with E-state index in [1.165, 1.54) is 6.42 Å². The number of rotatable bonds is 11. The minimum Gasteiger partial charge on any atom is -0.481 e. The van der Waals surface area contributed by atoms with Gasteiger partial charge >= 0.3 is 12.0 Å². The lowest BCUT2D eigenvalue weighted by Gasteiger charge is -2.37. The molecule has 7 nitrogen and oxygen atoms in total. The lowest BCUT2D eigenvalue weighted by Crippen LogP contribution is -2.43. The quantitative estimate of drug-likeness (QED) is 0.376. The Labute approximate surface area is 161 Å². The Bertz CT molecular complexity index is 528. The minimum absolute atomic E-state index is 0.171. The summed E-state index contributed by atoms with van der Waals surface area (Å²) in [7, 11) is 0. The van der Waals surface area contributed by atoms with Crippen molar-refractivity contribution in [1.29, 1.82) is 0 Å². The highest BCUT2D eigenvalue weighted by Crippen LogP contribution is 2.35. The maximum Gasteiger partial charge on any atom is 0.324 e. The Kier molecular flexibility index (Phi) is 8.07. The first-order valence-electron chi connectivity index (χ1n) is 10.4. The van der Waals surface area contributed by atoms with E-state index in [0.717, 1.165) is 44.9 Å². The van der Waals surface area contributed by atoms with Gasteiger partial charge in [0.1, 0.15) is 6.04 Å². The summed E-state index contributed by atoms with van der Waals surface area (Å²) in [5, 5.41) is 21.9. The molecule has 0 unspecified atom stereocenters. The molecule has 0 aromatic carbocycles. The van der Waals surface area contributed by atoms with Crippen molar-refractivity contribution in [2.75, 3.05) is 6.54 Å². The Hall–Kier alpha value is -1.63. The molecule has 7 heteroatoms. The minimum atomic E-state index is -0.812. The number of aliphatic hydroxyl groups is 1. The topological polar surface area (TPSA) is 107 Å². The van der Waals surface area contributed by atoms with Gasteiger partial charge in [-0.25, -0.2) is 4.79 Å². The Morgan fingerprint density at radius 3 is 2.48 bits per heavy atom. The number of unbranched alkanes of at least 4 members (excludes halogenated alkanes) is 3. The zero-order chi connectivity index (χ0) is 19.9. The normalized spacial score (nSPS) is 23.3. The molecule has 1 aliphatic carbocycles. The number of nitrogens with zero attached hydrogens (tertiary/aromatic N) is 1. The van der Waals surface area contributed by atoms with Crippen LogP contribution in [0.2, 0.25) is 0 Å². The fraction of sp³-hybridized carbons (Fsp3) is 0.850. The first-order valence-corrected chi connectivity index (χ1v) is 10.4. The van der Waals surface area contributed by atoms with Gasteiger partial charge in [0.25, 0.3) is 5.91 Å². The smallest absolute Gasteiger partial charge is 0.324 e. The molecular weight excluding hydrogens is 348 g/mol. The van der Waals surface area contributed by atoms with Crippen LogP contribution < -0.4 is 5.32 Å². The predicted octanol–water partition coefficient (Wildman–Crippen LogP) is 3.05. The van der Waals surface area contributed by atoms with E-state index in [-0.39, 0.29) is 24.3 Å². The van der Waals surface area contributed by atoms with Gasteiger partial charge < -0.3 is 15.1 Å². The van der Waals surface area contributed by atoms with Crippen molar-refractivity contribution in [3.8, 4) is 0 Å². The molecule has 27 heavy (non-hydrogen) atoms. The van der Waals surface area contributed by atoms with E-state index >= 15 is 0 Å². The second-order valence-corrected chi connectivity index (χ2v) is 8.29. The van der Waals surface area contributed by atoms with Crippen molar-refractivity contribution in [3.63, 3.8) is 0 Å². The zero-order valence-corrected chi connectivity index (χ0v) is 16.4. The van der Waals surface area contributed by atoms with Gasteiger partial charge in [-0.1, -0.05) is 38.5 Å². The summed E-state index contributed by atoms with van der Waals surface area (Å²) in [5.41, 5.74) is -0.812. The molecule has 3 N–H and O–H groups in total. The molecule has 0 aromatic heterocycles. The van der Waals surface area contributed by atoms with Crippen LogP contribution in [0.5, 0.6) is 0 Å². The summed E-state index contributed by atoms with van der Waals surface area (Å²) in [6.45, 7) is 2.24. The van der Waals surface area contributed by atoms with E-state index in [4.69, 9.17) is 5.11 Å². The molecular formula is C20H34N2O5. The van der Waals surface area contributed by atoms with Crippen LogP contribution in [0.3, 0.4) is 0 Å². The molecule has 2 fully saturated rings. The van der Waals surface area contributed by atoms with Crippen molar-refractivity contribution in [1.82, 2.24) is 10.2 Å². The Morgan fingerprint density at radius 2 is 1.81 bits per heavy atom. The molecule has 3 amide bonds. The summed E-state index contributed by atoms with van der Waals surface area (Å²) in [4.78, 5) is 36.3. The van der Waals surface area contributed by atoms with E-state index < -0.39 is 17.6 Å². The van der Waals surface area contributed by atoms with Crippen LogP contribution in [0, 0.1) is 5.92 Å². The number of carboxylic acid groups (broad SMARTS) is 1. The number of amides is 3. The van der Waals surface area contributed by atoms with Crippen LogP contribution in [-0.4, -0.2) is 51.2 Å². The van der Waals surface area contributed by atoms with Crippen molar-refractivity contribution < 1.29 is 24.6 Å². The van der Waals surface area contributed by atoms with Crippen LogP contribution in [0.25, 0.3) is 0 Å². The van der Waals surface area contributed by atoms with Crippen molar-refractivity contribution in [2.45, 2.75) is 95.6 Å². The van der Waals surface area contributed by atoms with Gasteiger partial charge in [-0.15, -0.1) is 0 Å². The lowest BCUT2D eigenvalue weighted by molar-refractivity contribution is -0.137. The molecule has 1 saturated heterocycles. The molecule has 0 bridgehead atoms. The molecule has 1 saturated carbocycles. The maximum atomic E-state index is 12.1. The second-order valence-electron chi connectivity index (χ2n) is 8.29. The largest absolute Gasteiger partial charge is 0.481 e. The fourth-order valence-corrected chi connectivity index (χ4v) is 4.33. The molecule has 0 aromatic rings. The molecule has 2 rings (SSSR count). The standard InChI is InChI=1S/C20H34N2O5/c1-20(27,15-9-5-4-6-10-15)13-14-22-16(18(25)21-19(22)26)11-7-2-3-8-12-17(23)24/h15-16,27H,2-14H2,1H3,(H,23,24)(H,21,25,26)/t16-,20+/m0/s1. The number of aliphatic carboxylic acids is 1. The van der Waals surface area contributed by atoms with Gasteiger partial charge in [0, 0.05) is 13.0 Å². The molecule has 1 heterocycles. The molecule has 154 valence electrons. The van der Waals surface area contributed by atoms with Crippen LogP contribution >= 0.6 is 0 Å². The van der Waals surface area contributed by atoms with Crippen molar-refractivity contribution >= 4 is 17.9 Å². The number of carbonyl (C=O) groups excluding carboxylic acids is 2. The van der Waals surface area contributed by atoms with E-state index in [1.807, 2.05) is 6.92 Å².